The predicted molar refractivity (Wildman–Crippen MR) is 132 cm³/mol. The maximum absolute atomic E-state index is 12.9. The van der Waals surface area contributed by atoms with Crippen molar-refractivity contribution in [2.75, 3.05) is 24.2 Å². The summed E-state index contributed by atoms with van der Waals surface area (Å²) in [6, 6.07) is 11.8. The molecule has 9 heteroatoms. The molecule has 3 N–H and O–H groups in total. The van der Waals surface area contributed by atoms with Crippen LogP contribution in [0.25, 0.3) is 11.0 Å². The second kappa shape index (κ2) is 10.3. The molecule has 166 valence electrons. The number of hydrogen-bond donors (Lipinski definition) is 3. The molecular weight excluding hydrogens is 430 g/mol. The Morgan fingerprint density at radius 3 is 2.68 bits per heavy atom. The van der Waals surface area contributed by atoms with Crippen molar-refractivity contribution in [1.29, 1.82) is 0 Å². The smallest absolute Gasteiger partial charge is 0.268 e. The van der Waals surface area contributed by atoms with Crippen LogP contribution in [-0.4, -0.2) is 35.0 Å². The van der Waals surface area contributed by atoms with Crippen LogP contribution in [0.5, 0.6) is 0 Å². The molecule has 2 heterocycles. The van der Waals surface area contributed by atoms with Crippen LogP contribution in [0.1, 0.15) is 48.3 Å². The first-order valence-electron chi connectivity index (χ1n) is 10.4. The number of amides is 2. The number of carbonyl (C=O) groups is 2. The molecular formula is C22H29N5O2S2. The lowest BCUT2D eigenvalue weighted by molar-refractivity contribution is -0.115. The SMILES string of the molecule is CCC(=O)Nc1ccc(C(=O)Nc2nc3ccccc3n2C2CC(CCNC)C2)s1.S. The fourth-order valence-corrected chi connectivity index (χ4v) is 4.73. The Labute approximate surface area is 193 Å². The molecule has 4 rings (SSSR count). The minimum absolute atomic E-state index is 0. The van der Waals surface area contributed by atoms with E-state index in [0.717, 1.165) is 30.4 Å². The lowest BCUT2D eigenvalue weighted by Gasteiger charge is -2.37. The number of nitrogens with one attached hydrogen (secondary N) is 3. The molecule has 1 saturated carbocycles. The van der Waals surface area contributed by atoms with E-state index in [1.807, 2.05) is 25.2 Å². The summed E-state index contributed by atoms with van der Waals surface area (Å²) in [5, 5.41) is 9.69. The quantitative estimate of drug-likeness (QED) is 0.467. The van der Waals surface area contributed by atoms with E-state index in [9.17, 15) is 9.59 Å². The Balaban J connectivity index is 0.00000272. The second-order valence-corrected chi connectivity index (χ2v) is 8.78. The molecule has 1 aliphatic rings. The Kier molecular flexibility index (Phi) is 7.74. The maximum Gasteiger partial charge on any atom is 0.268 e. The van der Waals surface area contributed by atoms with Crippen molar-refractivity contribution in [3.8, 4) is 0 Å². The monoisotopic (exact) mass is 459 g/mol. The molecule has 0 spiro atoms. The van der Waals surface area contributed by atoms with Gasteiger partial charge in [0.1, 0.15) is 0 Å². The predicted octanol–water partition coefficient (Wildman–Crippen LogP) is 4.37. The van der Waals surface area contributed by atoms with Crippen molar-refractivity contribution in [1.82, 2.24) is 14.9 Å². The zero-order chi connectivity index (χ0) is 21.1. The third-order valence-electron chi connectivity index (χ3n) is 5.61. The standard InChI is InChI=1S/C22H27N5O2S.H2S/c1-3-19(28)25-20-9-8-18(30-20)21(29)26-22-24-16-6-4-5-7-17(16)27(22)15-12-14(13-15)10-11-23-2;/h4-9,14-15,23H,3,10-13H2,1-2H3,(H,25,28)(H,24,26,29);1H2. The van der Waals surface area contributed by atoms with Crippen LogP contribution in [0.4, 0.5) is 10.9 Å². The topological polar surface area (TPSA) is 88.1 Å². The van der Waals surface area contributed by atoms with Gasteiger partial charge < -0.3 is 15.2 Å². The number of thiophene rings is 1. The van der Waals surface area contributed by atoms with Gasteiger partial charge in [0.15, 0.2) is 0 Å². The number of benzene rings is 1. The molecule has 0 unspecified atom stereocenters. The summed E-state index contributed by atoms with van der Waals surface area (Å²) in [6.45, 7) is 2.83. The number of aromatic nitrogens is 2. The number of rotatable bonds is 8. The molecule has 1 aliphatic carbocycles. The third kappa shape index (κ3) is 5.11. The van der Waals surface area contributed by atoms with Crippen molar-refractivity contribution in [2.24, 2.45) is 5.92 Å². The normalized spacial score (nSPS) is 17.6. The molecule has 0 atom stereocenters. The first kappa shape index (κ1) is 23.3. The number of para-hydroxylation sites is 2. The van der Waals surface area contributed by atoms with Gasteiger partial charge in [-0.25, -0.2) is 4.98 Å². The van der Waals surface area contributed by atoms with Gasteiger partial charge in [0.05, 0.1) is 20.9 Å². The summed E-state index contributed by atoms with van der Waals surface area (Å²) < 4.78 is 2.18. The van der Waals surface area contributed by atoms with Crippen LogP contribution in [0.3, 0.4) is 0 Å². The first-order valence-corrected chi connectivity index (χ1v) is 11.2. The zero-order valence-corrected chi connectivity index (χ0v) is 19.6. The molecule has 0 bridgehead atoms. The number of fused-ring (bicyclic) bond motifs is 1. The van der Waals surface area contributed by atoms with E-state index in [4.69, 9.17) is 4.98 Å². The number of anilines is 2. The molecule has 0 aliphatic heterocycles. The van der Waals surface area contributed by atoms with Gasteiger partial charge in [0, 0.05) is 12.5 Å². The van der Waals surface area contributed by atoms with Gasteiger partial charge in [-0.15, -0.1) is 11.3 Å². The molecule has 3 aromatic rings. The van der Waals surface area contributed by atoms with Crippen molar-refractivity contribution in [3.63, 3.8) is 0 Å². The van der Waals surface area contributed by atoms with Crippen LogP contribution in [0.15, 0.2) is 36.4 Å². The van der Waals surface area contributed by atoms with Gasteiger partial charge in [0.25, 0.3) is 5.91 Å². The molecule has 0 saturated heterocycles. The van der Waals surface area contributed by atoms with Crippen LogP contribution in [-0.2, 0) is 4.79 Å². The van der Waals surface area contributed by atoms with Crippen LogP contribution < -0.4 is 16.0 Å². The van der Waals surface area contributed by atoms with E-state index >= 15 is 0 Å². The fourth-order valence-electron chi connectivity index (χ4n) is 3.91. The summed E-state index contributed by atoms with van der Waals surface area (Å²) in [5.41, 5.74) is 1.93. The molecule has 31 heavy (non-hydrogen) atoms. The van der Waals surface area contributed by atoms with Crippen LogP contribution in [0, 0.1) is 5.92 Å². The van der Waals surface area contributed by atoms with Gasteiger partial charge in [-0.05, 0) is 63.0 Å². The number of carbonyl (C=O) groups excluding carboxylic acids is 2. The molecule has 0 radical (unpaired) electrons. The maximum atomic E-state index is 12.9. The molecule has 2 amide bonds. The van der Waals surface area contributed by atoms with Gasteiger partial charge >= 0.3 is 0 Å². The van der Waals surface area contributed by atoms with Gasteiger partial charge in [0.2, 0.25) is 11.9 Å². The highest BCUT2D eigenvalue weighted by Crippen LogP contribution is 2.43. The molecule has 1 fully saturated rings. The summed E-state index contributed by atoms with van der Waals surface area (Å²) in [4.78, 5) is 29.7. The Morgan fingerprint density at radius 1 is 1.16 bits per heavy atom. The van der Waals surface area contributed by atoms with Crippen molar-refractivity contribution < 1.29 is 9.59 Å². The minimum atomic E-state index is -0.209. The van der Waals surface area contributed by atoms with Gasteiger partial charge in [-0.3, -0.25) is 14.9 Å². The van der Waals surface area contributed by atoms with E-state index in [2.05, 4.69) is 26.6 Å². The van der Waals surface area contributed by atoms with E-state index in [0.29, 0.717) is 34.2 Å². The third-order valence-corrected chi connectivity index (χ3v) is 6.61. The molecule has 2 aromatic heterocycles. The lowest BCUT2D eigenvalue weighted by Crippen LogP contribution is -2.30. The first-order chi connectivity index (χ1) is 14.6. The number of nitrogens with zero attached hydrogens (tertiary/aromatic N) is 2. The molecule has 7 nitrogen and oxygen atoms in total. The highest BCUT2D eigenvalue weighted by molar-refractivity contribution is 7.59. The summed E-state index contributed by atoms with van der Waals surface area (Å²) >= 11 is 1.27. The Bertz CT molecular complexity index is 1060. The summed E-state index contributed by atoms with van der Waals surface area (Å²) in [6.07, 6.45) is 3.76. The molecule has 1 aromatic carbocycles. The zero-order valence-electron chi connectivity index (χ0n) is 17.8. The average molecular weight is 460 g/mol. The van der Waals surface area contributed by atoms with E-state index in [1.54, 1.807) is 19.1 Å². The van der Waals surface area contributed by atoms with Gasteiger partial charge in [-0.2, -0.15) is 13.5 Å². The van der Waals surface area contributed by atoms with E-state index < -0.39 is 0 Å². The Morgan fingerprint density at radius 2 is 1.94 bits per heavy atom. The number of hydrogen-bond acceptors (Lipinski definition) is 5. The van der Waals surface area contributed by atoms with E-state index in [1.165, 1.54) is 17.8 Å². The van der Waals surface area contributed by atoms with Crippen molar-refractivity contribution in [2.45, 2.75) is 38.6 Å². The second-order valence-electron chi connectivity index (χ2n) is 7.70. The summed E-state index contributed by atoms with van der Waals surface area (Å²) in [5.74, 6) is 1.02. The fraction of sp³-hybridized carbons (Fsp3) is 0.409. The highest BCUT2D eigenvalue weighted by Gasteiger charge is 2.33. The Hall–Kier alpha value is -2.36. The van der Waals surface area contributed by atoms with E-state index in [-0.39, 0.29) is 25.3 Å². The van der Waals surface area contributed by atoms with Crippen molar-refractivity contribution >= 4 is 58.6 Å². The summed E-state index contributed by atoms with van der Waals surface area (Å²) in [7, 11) is 1.98. The largest absolute Gasteiger partial charge is 0.320 e. The highest BCUT2D eigenvalue weighted by atomic mass is 32.1. The lowest BCUT2D eigenvalue weighted by atomic mass is 9.78. The van der Waals surface area contributed by atoms with Crippen LogP contribution >= 0.6 is 24.8 Å². The van der Waals surface area contributed by atoms with Gasteiger partial charge in [-0.1, -0.05) is 19.1 Å². The van der Waals surface area contributed by atoms with Crippen molar-refractivity contribution in [3.05, 3.63) is 41.3 Å². The number of imidazole rings is 1. The minimum Gasteiger partial charge on any atom is -0.320 e. The van der Waals surface area contributed by atoms with Crippen LogP contribution in [0.2, 0.25) is 0 Å². The average Bonchev–Trinajstić information content (AvgIpc) is 3.31.